The van der Waals surface area contributed by atoms with Crippen LogP contribution in [-0.4, -0.2) is 20.7 Å². The summed E-state index contributed by atoms with van der Waals surface area (Å²) in [7, 11) is 3.85. The lowest BCUT2D eigenvalue weighted by molar-refractivity contribution is 0.0907. The predicted octanol–water partition coefficient (Wildman–Crippen LogP) is 3.93. The molecular formula is C22H16N2O2. The minimum Gasteiger partial charge on any atom is -0.341 e. The number of aromatic nitrogens is 2. The number of aryl methyl sites for hydroxylation is 2. The third-order valence-electron chi connectivity index (χ3n) is 6.28. The van der Waals surface area contributed by atoms with E-state index in [1.807, 2.05) is 71.8 Å². The van der Waals surface area contributed by atoms with E-state index >= 15 is 0 Å². The van der Waals surface area contributed by atoms with Crippen molar-refractivity contribution in [2.45, 2.75) is 11.8 Å². The van der Waals surface area contributed by atoms with Crippen molar-refractivity contribution in [3.63, 3.8) is 0 Å². The number of benzene rings is 2. The van der Waals surface area contributed by atoms with Crippen LogP contribution in [-0.2, 0) is 14.1 Å². The van der Waals surface area contributed by atoms with Gasteiger partial charge in [-0.1, -0.05) is 36.4 Å². The summed E-state index contributed by atoms with van der Waals surface area (Å²) in [6.07, 6.45) is 0. The van der Waals surface area contributed by atoms with E-state index in [1.54, 1.807) is 0 Å². The molecule has 4 aromatic rings. The van der Waals surface area contributed by atoms with E-state index in [0.29, 0.717) is 11.4 Å². The minimum absolute atomic E-state index is 0.0761. The smallest absolute Gasteiger partial charge is 0.188 e. The van der Waals surface area contributed by atoms with Gasteiger partial charge in [0.1, 0.15) is 0 Å². The first-order valence-electron chi connectivity index (χ1n) is 8.84. The predicted molar refractivity (Wildman–Crippen MR) is 100.0 cm³/mol. The van der Waals surface area contributed by atoms with Gasteiger partial charge in [-0.05, 0) is 12.1 Å². The number of carbonyl (C=O) groups excluding carboxylic acids is 2. The summed E-state index contributed by atoms with van der Waals surface area (Å²) in [6, 6.07) is 16.0. The molecule has 2 aliphatic rings. The number of rotatable bonds is 0. The summed E-state index contributed by atoms with van der Waals surface area (Å²) in [6.45, 7) is 0. The summed E-state index contributed by atoms with van der Waals surface area (Å²) < 4.78 is 3.92. The van der Waals surface area contributed by atoms with Crippen molar-refractivity contribution >= 4 is 33.4 Å². The molecule has 126 valence electrons. The Kier molecular flexibility index (Phi) is 2.34. The Hall–Kier alpha value is -3.14. The van der Waals surface area contributed by atoms with Crippen LogP contribution in [0, 0.1) is 0 Å². The van der Waals surface area contributed by atoms with Crippen LogP contribution in [0.3, 0.4) is 0 Å². The molecule has 0 saturated heterocycles. The number of fused-ring (bicyclic) bond motifs is 9. The zero-order valence-corrected chi connectivity index (χ0v) is 14.5. The van der Waals surface area contributed by atoms with Crippen LogP contribution in [0.15, 0.2) is 48.5 Å². The summed E-state index contributed by atoms with van der Waals surface area (Å²) in [5, 5.41) is 2.05. The highest BCUT2D eigenvalue weighted by Gasteiger charge is 2.55. The average molecular weight is 340 g/mol. The maximum absolute atomic E-state index is 13.4. The second-order valence-corrected chi connectivity index (χ2v) is 7.36. The zero-order chi connectivity index (χ0) is 17.7. The highest BCUT2D eigenvalue weighted by atomic mass is 16.1. The largest absolute Gasteiger partial charge is 0.341 e. The van der Waals surface area contributed by atoms with Crippen molar-refractivity contribution in [1.29, 1.82) is 0 Å². The fraction of sp³-hybridized carbons (Fsp3) is 0.182. The Morgan fingerprint density at radius 1 is 0.654 bits per heavy atom. The fourth-order valence-electron chi connectivity index (χ4n) is 5.26. The van der Waals surface area contributed by atoms with E-state index < -0.39 is 0 Å². The highest BCUT2D eigenvalue weighted by molar-refractivity contribution is 6.24. The van der Waals surface area contributed by atoms with Gasteiger partial charge in [0, 0.05) is 47.0 Å². The Balaban J connectivity index is 1.73. The van der Waals surface area contributed by atoms with Gasteiger partial charge in [-0.25, -0.2) is 0 Å². The molecule has 2 unspecified atom stereocenters. The Bertz CT molecular complexity index is 1200. The molecule has 0 N–H and O–H groups in total. The fourth-order valence-corrected chi connectivity index (χ4v) is 5.26. The molecule has 4 nitrogen and oxygen atoms in total. The molecule has 26 heavy (non-hydrogen) atoms. The molecule has 2 heterocycles. The molecule has 2 atom stereocenters. The third kappa shape index (κ3) is 1.32. The van der Waals surface area contributed by atoms with E-state index in [2.05, 4.69) is 0 Å². The van der Waals surface area contributed by atoms with Gasteiger partial charge in [-0.3, -0.25) is 9.59 Å². The van der Waals surface area contributed by atoms with E-state index in [1.165, 1.54) is 0 Å². The quantitative estimate of drug-likeness (QED) is 0.487. The molecule has 6 rings (SSSR count). The number of hydrogen-bond acceptors (Lipinski definition) is 2. The van der Waals surface area contributed by atoms with Gasteiger partial charge in [0.2, 0.25) is 0 Å². The van der Waals surface area contributed by atoms with Crippen LogP contribution in [0.2, 0.25) is 0 Å². The molecule has 2 aliphatic carbocycles. The Morgan fingerprint density at radius 3 is 1.46 bits per heavy atom. The maximum Gasteiger partial charge on any atom is 0.188 e. The first-order valence-corrected chi connectivity index (χ1v) is 8.84. The number of para-hydroxylation sites is 2. The van der Waals surface area contributed by atoms with Gasteiger partial charge in [0.25, 0.3) is 0 Å². The van der Waals surface area contributed by atoms with Gasteiger partial charge < -0.3 is 9.13 Å². The van der Waals surface area contributed by atoms with Crippen molar-refractivity contribution in [2.75, 3.05) is 0 Å². The number of nitrogens with zero attached hydrogens (tertiary/aromatic N) is 2. The van der Waals surface area contributed by atoms with Crippen LogP contribution in [0.1, 0.15) is 43.9 Å². The second kappa shape index (κ2) is 4.33. The van der Waals surface area contributed by atoms with Crippen LogP contribution >= 0.6 is 0 Å². The molecule has 0 aliphatic heterocycles. The van der Waals surface area contributed by atoms with Crippen molar-refractivity contribution in [3.05, 3.63) is 71.0 Å². The molecule has 0 bridgehead atoms. The lowest BCUT2D eigenvalue weighted by Crippen LogP contribution is -2.13. The molecule has 0 saturated carbocycles. The highest BCUT2D eigenvalue weighted by Crippen LogP contribution is 2.56. The molecule has 0 spiro atoms. The number of ketones is 2. The first-order chi connectivity index (χ1) is 12.6. The average Bonchev–Trinajstić information content (AvgIpc) is 3.31. The number of Topliss-reactive ketones (excluding diaryl/α,β-unsaturated/α-hetero) is 2. The molecule has 2 aromatic carbocycles. The summed E-state index contributed by atoms with van der Waals surface area (Å²) in [5.74, 6) is -0.617. The Labute approximate surface area is 149 Å². The lowest BCUT2D eigenvalue weighted by atomic mass is 9.89. The molecule has 0 fully saturated rings. The second-order valence-electron chi connectivity index (χ2n) is 7.36. The Morgan fingerprint density at radius 2 is 1.04 bits per heavy atom. The van der Waals surface area contributed by atoms with E-state index in [0.717, 1.165) is 32.9 Å². The van der Waals surface area contributed by atoms with Gasteiger partial charge in [0.15, 0.2) is 11.6 Å². The van der Waals surface area contributed by atoms with Gasteiger partial charge in [-0.2, -0.15) is 0 Å². The first kappa shape index (κ1) is 14.1. The third-order valence-corrected chi connectivity index (χ3v) is 6.28. The van der Waals surface area contributed by atoms with Crippen molar-refractivity contribution in [1.82, 2.24) is 9.13 Å². The summed E-state index contributed by atoms with van der Waals surface area (Å²) >= 11 is 0. The van der Waals surface area contributed by atoms with Crippen LogP contribution in [0.4, 0.5) is 0 Å². The topological polar surface area (TPSA) is 44.0 Å². The minimum atomic E-state index is -0.385. The van der Waals surface area contributed by atoms with Crippen molar-refractivity contribution in [3.8, 4) is 0 Å². The lowest BCUT2D eigenvalue weighted by Gasteiger charge is -2.11. The van der Waals surface area contributed by atoms with Gasteiger partial charge >= 0.3 is 0 Å². The van der Waals surface area contributed by atoms with Crippen LogP contribution in [0.5, 0.6) is 0 Å². The molecule has 0 radical (unpaired) electrons. The normalized spacial score (nSPS) is 20.8. The standard InChI is InChI=1S/C22H16N2O2/c1-23-13-9-5-3-7-11(13)15-17-18(21(25)19(15)23)16-12-8-4-6-10-14(12)24(2)20(16)22(17)26/h3-10,17-18H,1-2H3. The zero-order valence-electron chi connectivity index (χ0n) is 14.5. The molecule has 2 aromatic heterocycles. The monoisotopic (exact) mass is 340 g/mol. The summed E-state index contributed by atoms with van der Waals surface area (Å²) in [5.41, 5.74) is 5.27. The van der Waals surface area contributed by atoms with Gasteiger partial charge in [0.05, 0.1) is 23.2 Å². The van der Waals surface area contributed by atoms with E-state index in [4.69, 9.17) is 0 Å². The van der Waals surface area contributed by atoms with Gasteiger partial charge in [-0.15, -0.1) is 0 Å². The van der Waals surface area contributed by atoms with Crippen LogP contribution in [0.25, 0.3) is 21.8 Å². The summed E-state index contributed by atoms with van der Waals surface area (Å²) in [4.78, 5) is 26.9. The van der Waals surface area contributed by atoms with Crippen LogP contribution < -0.4 is 0 Å². The maximum atomic E-state index is 13.4. The number of hydrogen-bond donors (Lipinski definition) is 0. The molecular weight excluding hydrogens is 324 g/mol. The molecule has 4 heteroatoms. The SMILES string of the molecule is Cn1c2c(c3ccccc31)C1C(=O)c3c(c4ccccc4n3C)C1C2=O. The van der Waals surface area contributed by atoms with E-state index in [-0.39, 0.29) is 23.4 Å². The van der Waals surface area contributed by atoms with E-state index in [9.17, 15) is 9.59 Å². The van der Waals surface area contributed by atoms with Crippen molar-refractivity contribution in [2.24, 2.45) is 14.1 Å². The van der Waals surface area contributed by atoms with Crippen molar-refractivity contribution < 1.29 is 9.59 Å². The molecule has 0 amide bonds. The number of carbonyl (C=O) groups is 2.